The summed E-state index contributed by atoms with van der Waals surface area (Å²) in [6.07, 6.45) is 2.02. The lowest BCUT2D eigenvalue weighted by molar-refractivity contribution is -0.384. The van der Waals surface area contributed by atoms with Crippen LogP contribution in [0, 0.1) is 10.1 Å². The minimum Gasteiger partial charge on any atom is -0.497 e. The Morgan fingerprint density at radius 1 is 1.23 bits per heavy atom. The second kappa shape index (κ2) is 8.82. The number of hydrogen-bond acceptors (Lipinski definition) is 7. The molecule has 1 saturated heterocycles. The number of anilines is 1. The zero-order valence-corrected chi connectivity index (χ0v) is 17.0. The monoisotopic (exact) mass is 422 g/mol. The maximum absolute atomic E-state index is 12.5. The number of amides is 1. The number of benzene rings is 2. The average Bonchev–Trinajstić information content (AvgIpc) is 3.49. The van der Waals surface area contributed by atoms with E-state index >= 15 is 0 Å². The maximum atomic E-state index is 12.5. The van der Waals surface area contributed by atoms with Crippen molar-refractivity contribution in [1.29, 1.82) is 0 Å². The number of ether oxygens (including phenoxy) is 1. The Kier molecular flexibility index (Phi) is 5.78. The number of nitrogens with one attached hydrogen (secondary N) is 2. The minimum atomic E-state index is -0.442. The molecule has 160 valence electrons. The molecule has 0 radical (unpaired) electrons. The molecule has 3 aromatic rings. The number of aromatic nitrogens is 3. The molecule has 0 bridgehead atoms. The molecule has 0 unspecified atom stereocenters. The summed E-state index contributed by atoms with van der Waals surface area (Å²) in [7, 11) is 1.59. The van der Waals surface area contributed by atoms with E-state index in [0.717, 1.165) is 37.2 Å². The third-order valence-corrected chi connectivity index (χ3v) is 5.18. The summed E-state index contributed by atoms with van der Waals surface area (Å²) in [6, 6.07) is 11.9. The van der Waals surface area contributed by atoms with Crippen molar-refractivity contribution >= 4 is 17.3 Å². The number of aromatic amines is 1. The highest BCUT2D eigenvalue weighted by Gasteiger charge is 2.24. The Hall–Kier alpha value is -3.95. The summed E-state index contributed by atoms with van der Waals surface area (Å²) in [5.74, 6) is 1.29. The Balaban J connectivity index is 1.43. The first-order valence-electron chi connectivity index (χ1n) is 9.92. The van der Waals surface area contributed by atoms with Crippen molar-refractivity contribution in [3.8, 4) is 17.1 Å². The maximum Gasteiger partial charge on any atom is 0.293 e. The van der Waals surface area contributed by atoms with Crippen LogP contribution in [0.1, 0.15) is 29.0 Å². The molecule has 0 saturated carbocycles. The average molecular weight is 422 g/mol. The molecule has 0 atom stereocenters. The van der Waals surface area contributed by atoms with Crippen LogP contribution in [0.5, 0.6) is 5.75 Å². The first-order valence-corrected chi connectivity index (χ1v) is 9.92. The van der Waals surface area contributed by atoms with E-state index in [9.17, 15) is 14.9 Å². The van der Waals surface area contributed by atoms with Gasteiger partial charge in [0.15, 0.2) is 5.82 Å². The molecule has 1 aromatic heterocycles. The van der Waals surface area contributed by atoms with Crippen molar-refractivity contribution < 1.29 is 14.5 Å². The summed E-state index contributed by atoms with van der Waals surface area (Å²) >= 11 is 0. The van der Waals surface area contributed by atoms with Gasteiger partial charge in [0.2, 0.25) is 0 Å². The van der Waals surface area contributed by atoms with Crippen molar-refractivity contribution in [3.63, 3.8) is 0 Å². The molecule has 10 nitrogen and oxygen atoms in total. The van der Waals surface area contributed by atoms with Crippen molar-refractivity contribution in [2.75, 3.05) is 25.1 Å². The molecule has 1 fully saturated rings. The third-order valence-electron chi connectivity index (χ3n) is 5.18. The Morgan fingerprint density at radius 3 is 2.65 bits per heavy atom. The first kappa shape index (κ1) is 20.3. The Labute approximate surface area is 178 Å². The largest absolute Gasteiger partial charge is 0.497 e. The molecule has 2 heterocycles. The quantitative estimate of drug-likeness (QED) is 0.443. The molecule has 1 aliphatic heterocycles. The highest BCUT2D eigenvalue weighted by Crippen LogP contribution is 2.31. The van der Waals surface area contributed by atoms with Gasteiger partial charge in [-0.15, -0.1) is 0 Å². The molecule has 31 heavy (non-hydrogen) atoms. The van der Waals surface area contributed by atoms with Crippen LogP contribution in [0.15, 0.2) is 42.5 Å². The van der Waals surface area contributed by atoms with E-state index in [0.29, 0.717) is 17.3 Å². The highest BCUT2D eigenvalue weighted by molar-refractivity contribution is 5.95. The zero-order valence-electron chi connectivity index (χ0n) is 17.0. The van der Waals surface area contributed by atoms with Crippen molar-refractivity contribution in [2.45, 2.75) is 19.4 Å². The van der Waals surface area contributed by atoms with Gasteiger partial charge in [-0.25, -0.2) is 4.98 Å². The van der Waals surface area contributed by atoms with E-state index in [-0.39, 0.29) is 17.8 Å². The van der Waals surface area contributed by atoms with Gasteiger partial charge >= 0.3 is 0 Å². The first-order chi connectivity index (χ1) is 15.0. The van der Waals surface area contributed by atoms with Crippen LogP contribution in [0.25, 0.3) is 11.4 Å². The molecular weight excluding hydrogens is 400 g/mol. The van der Waals surface area contributed by atoms with Crippen molar-refractivity contribution in [2.24, 2.45) is 0 Å². The molecule has 4 rings (SSSR count). The normalized spacial score (nSPS) is 13.3. The van der Waals surface area contributed by atoms with E-state index in [1.165, 1.54) is 6.07 Å². The van der Waals surface area contributed by atoms with Crippen LogP contribution >= 0.6 is 0 Å². The van der Waals surface area contributed by atoms with Crippen LogP contribution in [0.3, 0.4) is 0 Å². The fourth-order valence-electron chi connectivity index (χ4n) is 3.55. The van der Waals surface area contributed by atoms with Gasteiger partial charge in [-0.2, -0.15) is 5.10 Å². The summed E-state index contributed by atoms with van der Waals surface area (Å²) in [5, 5.41) is 21.2. The minimum absolute atomic E-state index is 0.0593. The lowest BCUT2D eigenvalue weighted by atomic mass is 10.1. The van der Waals surface area contributed by atoms with E-state index in [2.05, 4.69) is 20.5 Å². The van der Waals surface area contributed by atoms with E-state index < -0.39 is 10.8 Å². The predicted octanol–water partition coefficient (Wildman–Crippen LogP) is 2.92. The lowest BCUT2D eigenvalue weighted by Crippen LogP contribution is -2.24. The molecule has 2 N–H and O–H groups in total. The third kappa shape index (κ3) is 4.47. The predicted molar refractivity (Wildman–Crippen MR) is 114 cm³/mol. The number of nitro groups is 1. The van der Waals surface area contributed by atoms with Gasteiger partial charge in [-0.1, -0.05) is 0 Å². The molecule has 1 aliphatic rings. The molecular formula is C21H22N6O4. The number of rotatable bonds is 7. The number of H-pyrrole nitrogens is 1. The van der Waals surface area contributed by atoms with Gasteiger partial charge in [0, 0.05) is 30.3 Å². The van der Waals surface area contributed by atoms with Crippen LogP contribution < -0.4 is 15.0 Å². The standard InChI is InChI=1S/C21H22N6O4/c1-31-16-7-4-14(5-8-16)20-23-19(24-25-20)13-22-21(28)15-6-9-17(18(12-15)27(29)30)26-10-2-3-11-26/h4-9,12H,2-3,10-11,13H2,1H3,(H,22,28)(H,23,24,25). The van der Waals surface area contributed by atoms with E-state index in [1.54, 1.807) is 19.2 Å². The number of carbonyl (C=O) groups is 1. The smallest absolute Gasteiger partial charge is 0.293 e. The molecule has 0 aliphatic carbocycles. The van der Waals surface area contributed by atoms with Crippen LogP contribution in [-0.4, -0.2) is 46.2 Å². The fourth-order valence-corrected chi connectivity index (χ4v) is 3.55. The van der Waals surface area contributed by atoms with Gasteiger partial charge in [-0.05, 0) is 49.2 Å². The van der Waals surface area contributed by atoms with Gasteiger partial charge in [0.25, 0.3) is 11.6 Å². The topological polar surface area (TPSA) is 126 Å². The van der Waals surface area contributed by atoms with E-state index in [1.807, 2.05) is 29.2 Å². The molecule has 0 spiro atoms. The second-order valence-corrected chi connectivity index (χ2v) is 7.17. The lowest BCUT2D eigenvalue weighted by Gasteiger charge is -2.17. The van der Waals surface area contributed by atoms with Gasteiger partial charge in [-0.3, -0.25) is 20.0 Å². The van der Waals surface area contributed by atoms with E-state index in [4.69, 9.17) is 4.74 Å². The highest BCUT2D eigenvalue weighted by atomic mass is 16.6. The molecule has 1 amide bonds. The summed E-state index contributed by atoms with van der Waals surface area (Å²) in [4.78, 5) is 30.0. The van der Waals surface area contributed by atoms with Crippen LogP contribution in [0.4, 0.5) is 11.4 Å². The Bertz CT molecular complexity index is 1090. The summed E-state index contributed by atoms with van der Waals surface area (Å²) in [6.45, 7) is 1.69. The van der Waals surface area contributed by atoms with Crippen molar-refractivity contribution in [1.82, 2.24) is 20.5 Å². The number of nitrogens with zero attached hydrogens (tertiary/aromatic N) is 4. The summed E-state index contributed by atoms with van der Waals surface area (Å²) in [5.41, 5.74) is 1.53. The number of carbonyl (C=O) groups excluding carboxylic acids is 1. The zero-order chi connectivity index (χ0) is 21.8. The number of methoxy groups -OCH3 is 1. The number of nitro benzene ring substituents is 1. The SMILES string of the molecule is COc1ccc(-c2n[nH]c(CNC(=O)c3ccc(N4CCCC4)c([N+](=O)[O-])c3)n2)cc1. The molecule has 10 heteroatoms. The van der Waals surface area contributed by atoms with Gasteiger partial charge in [0.05, 0.1) is 18.6 Å². The second-order valence-electron chi connectivity index (χ2n) is 7.17. The van der Waals surface area contributed by atoms with Crippen molar-refractivity contribution in [3.05, 3.63) is 64.0 Å². The molecule has 2 aromatic carbocycles. The number of hydrogen-bond donors (Lipinski definition) is 2. The van der Waals surface area contributed by atoms with Crippen LogP contribution in [-0.2, 0) is 6.54 Å². The van der Waals surface area contributed by atoms with Crippen LogP contribution in [0.2, 0.25) is 0 Å². The van der Waals surface area contributed by atoms with Gasteiger partial charge in [0.1, 0.15) is 17.3 Å². The Morgan fingerprint density at radius 2 is 1.97 bits per heavy atom. The fraction of sp³-hybridized carbons (Fsp3) is 0.286. The summed E-state index contributed by atoms with van der Waals surface area (Å²) < 4.78 is 5.14. The van der Waals surface area contributed by atoms with Gasteiger partial charge < -0.3 is 15.0 Å².